The number of nitrogens with zero attached hydrogens (tertiary/aromatic N) is 3. The van der Waals surface area contributed by atoms with Crippen LogP contribution in [0.25, 0.3) is 0 Å². The first-order chi connectivity index (χ1) is 8.24. The Kier molecular flexibility index (Phi) is 3.70. The van der Waals surface area contributed by atoms with Crippen LogP contribution in [0.3, 0.4) is 0 Å². The molecule has 0 bridgehead atoms. The van der Waals surface area contributed by atoms with Crippen LogP contribution < -0.4 is 5.73 Å². The maximum Gasteiger partial charge on any atom is 0.358 e. The second-order valence-electron chi connectivity index (χ2n) is 4.04. The van der Waals surface area contributed by atoms with Gasteiger partial charge in [0.25, 0.3) is 0 Å². The second-order valence-corrected chi connectivity index (χ2v) is 4.04. The normalized spacial score (nSPS) is 20.4. The number of aromatic nitrogens is 3. The lowest BCUT2D eigenvalue weighted by Gasteiger charge is -2.23. The molecule has 17 heavy (non-hydrogen) atoms. The van der Waals surface area contributed by atoms with Crippen molar-refractivity contribution in [1.82, 2.24) is 15.0 Å². The molecule has 1 aliphatic heterocycles. The topological polar surface area (TPSA) is 103 Å². The van der Waals surface area contributed by atoms with Crippen LogP contribution in [0.4, 0.5) is 0 Å². The van der Waals surface area contributed by atoms with Gasteiger partial charge >= 0.3 is 5.97 Å². The summed E-state index contributed by atoms with van der Waals surface area (Å²) in [6.07, 6.45) is 2.35. The smallest absolute Gasteiger partial charge is 0.358 e. The summed E-state index contributed by atoms with van der Waals surface area (Å²) >= 11 is 0. The lowest BCUT2D eigenvalue weighted by Crippen LogP contribution is -2.25. The number of carboxylic acid groups (broad SMARTS) is 1. The molecule has 1 aromatic rings. The Bertz CT molecular complexity index is 398. The highest BCUT2D eigenvalue weighted by Crippen LogP contribution is 2.21. The molecule has 7 heteroatoms. The van der Waals surface area contributed by atoms with Crippen molar-refractivity contribution in [3.05, 3.63) is 11.4 Å². The van der Waals surface area contributed by atoms with Gasteiger partial charge in [0.15, 0.2) is 5.69 Å². The molecule has 1 atom stereocenters. The zero-order valence-corrected chi connectivity index (χ0v) is 9.50. The summed E-state index contributed by atoms with van der Waals surface area (Å²) in [4.78, 5) is 11.0. The number of rotatable bonds is 4. The highest BCUT2D eigenvalue weighted by Gasteiger charge is 2.24. The van der Waals surface area contributed by atoms with Crippen LogP contribution in [0.2, 0.25) is 0 Å². The largest absolute Gasteiger partial charge is 0.476 e. The molecule has 0 amide bonds. The average Bonchev–Trinajstić information content (AvgIpc) is 2.75. The minimum atomic E-state index is -1.06. The molecule has 3 N–H and O–H groups in total. The fourth-order valence-corrected chi connectivity index (χ4v) is 2.06. The van der Waals surface area contributed by atoms with Gasteiger partial charge in [-0.3, -0.25) is 0 Å². The molecule has 0 saturated carbocycles. The molecule has 1 fully saturated rings. The van der Waals surface area contributed by atoms with Gasteiger partial charge in [-0.1, -0.05) is 5.21 Å². The lowest BCUT2D eigenvalue weighted by molar-refractivity contribution is 0.0531. The Morgan fingerprint density at radius 2 is 2.47 bits per heavy atom. The Balaban J connectivity index is 2.28. The van der Waals surface area contributed by atoms with Gasteiger partial charge in [0, 0.05) is 13.0 Å². The van der Waals surface area contributed by atoms with Gasteiger partial charge in [-0.05, 0) is 19.4 Å². The molecule has 1 aliphatic rings. The predicted molar refractivity (Wildman–Crippen MR) is 58.8 cm³/mol. The number of carboxylic acids is 1. The first kappa shape index (κ1) is 12.0. The third-order valence-electron chi connectivity index (χ3n) is 2.86. The molecule has 1 saturated heterocycles. The fraction of sp³-hybridized carbons (Fsp3) is 0.700. The number of hydrogen-bond donors (Lipinski definition) is 2. The van der Waals surface area contributed by atoms with Gasteiger partial charge in [-0.2, -0.15) is 0 Å². The third kappa shape index (κ3) is 2.45. The van der Waals surface area contributed by atoms with E-state index in [1.165, 1.54) is 0 Å². The van der Waals surface area contributed by atoms with E-state index in [2.05, 4.69) is 10.3 Å². The molecule has 2 rings (SSSR count). The highest BCUT2D eigenvalue weighted by atomic mass is 16.5. The van der Waals surface area contributed by atoms with E-state index in [1.54, 1.807) is 4.68 Å². The van der Waals surface area contributed by atoms with Crippen LogP contribution in [0.15, 0.2) is 0 Å². The van der Waals surface area contributed by atoms with Crippen LogP contribution in [-0.4, -0.2) is 45.8 Å². The van der Waals surface area contributed by atoms with Crippen LogP contribution >= 0.6 is 0 Å². The first-order valence-corrected chi connectivity index (χ1v) is 5.69. The molecule has 94 valence electrons. The molecule has 7 nitrogen and oxygen atoms in total. The Morgan fingerprint density at radius 3 is 3.06 bits per heavy atom. The van der Waals surface area contributed by atoms with E-state index in [-0.39, 0.29) is 11.7 Å². The van der Waals surface area contributed by atoms with Crippen LogP contribution in [-0.2, 0) is 11.2 Å². The molecule has 0 aromatic carbocycles. The molecule has 0 aliphatic carbocycles. The van der Waals surface area contributed by atoms with E-state index >= 15 is 0 Å². The molecular formula is C10H16N4O3. The molecule has 0 radical (unpaired) electrons. The quantitative estimate of drug-likeness (QED) is 0.757. The summed E-state index contributed by atoms with van der Waals surface area (Å²) < 4.78 is 7.03. The van der Waals surface area contributed by atoms with E-state index in [0.717, 1.165) is 19.4 Å². The molecule has 1 unspecified atom stereocenters. The number of ether oxygens (including phenoxy) is 1. The maximum absolute atomic E-state index is 11.0. The van der Waals surface area contributed by atoms with Crippen molar-refractivity contribution in [3.8, 4) is 0 Å². The maximum atomic E-state index is 11.0. The third-order valence-corrected chi connectivity index (χ3v) is 2.86. The van der Waals surface area contributed by atoms with Crippen molar-refractivity contribution >= 4 is 5.97 Å². The van der Waals surface area contributed by atoms with Crippen molar-refractivity contribution in [2.45, 2.75) is 25.3 Å². The van der Waals surface area contributed by atoms with E-state index in [1.807, 2.05) is 0 Å². The Hall–Kier alpha value is -1.47. The van der Waals surface area contributed by atoms with Crippen molar-refractivity contribution in [1.29, 1.82) is 0 Å². The van der Waals surface area contributed by atoms with E-state index < -0.39 is 5.97 Å². The van der Waals surface area contributed by atoms with Crippen molar-refractivity contribution < 1.29 is 14.6 Å². The number of carbonyl (C=O) groups is 1. The number of aromatic carboxylic acids is 1. The van der Waals surface area contributed by atoms with E-state index in [0.29, 0.717) is 25.3 Å². The highest BCUT2D eigenvalue weighted by molar-refractivity contribution is 5.86. The molecule has 1 aromatic heterocycles. The Morgan fingerprint density at radius 1 is 1.65 bits per heavy atom. The summed E-state index contributed by atoms with van der Waals surface area (Å²) in [5.41, 5.74) is 6.09. The zero-order chi connectivity index (χ0) is 12.3. The Labute approximate surface area is 98.5 Å². The SMILES string of the molecule is NCCc1c(C(=O)O)nnn1C1CCCOC1. The number of nitrogens with two attached hydrogens (primary N) is 1. The average molecular weight is 240 g/mol. The number of hydrogen-bond acceptors (Lipinski definition) is 5. The van der Waals surface area contributed by atoms with Crippen molar-refractivity contribution in [3.63, 3.8) is 0 Å². The molecule has 2 heterocycles. The minimum absolute atomic E-state index is 0.000948. The summed E-state index contributed by atoms with van der Waals surface area (Å²) in [6.45, 7) is 1.68. The van der Waals surface area contributed by atoms with Gasteiger partial charge in [0.05, 0.1) is 18.3 Å². The molecular weight excluding hydrogens is 224 g/mol. The standard InChI is InChI=1S/C10H16N4O3/c11-4-3-8-9(10(15)16)12-13-14(8)7-2-1-5-17-6-7/h7H,1-6,11H2,(H,15,16). The fourth-order valence-electron chi connectivity index (χ4n) is 2.06. The van der Waals surface area contributed by atoms with Crippen LogP contribution in [0.1, 0.15) is 35.1 Å². The van der Waals surface area contributed by atoms with Gasteiger partial charge < -0.3 is 15.6 Å². The van der Waals surface area contributed by atoms with Gasteiger partial charge in [0.1, 0.15) is 0 Å². The van der Waals surface area contributed by atoms with E-state index in [9.17, 15) is 4.79 Å². The summed E-state index contributed by atoms with van der Waals surface area (Å²) in [5, 5.41) is 16.7. The summed E-state index contributed by atoms with van der Waals surface area (Å²) in [6, 6.07) is 0.0749. The van der Waals surface area contributed by atoms with Gasteiger partial charge in [-0.25, -0.2) is 9.48 Å². The van der Waals surface area contributed by atoms with Crippen LogP contribution in [0, 0.1) is 0 Å². The van der Waals surface area contributed by atoms with Gasteiger partial charge in [0.2, 0.25) is 0 Å². The van der Waals surface area contributed by atoms with Crippen LogP contribution in [0.5, 0.6) is 0 Å². The monoisotopic (exact) mass is 240 g/mol. The van der Waals surface area contributed by atoms with Crippen molar-refractivity contribution in [2.24, 2.45) is 5.73 Å². The first-order valence-electron chi connectivity index (χ1n) is 5.69. The molecule has 0 spiro atoms. The zero-order valence-electron chi connectivity index (χ0n) is 9.50. The summed E-state index contributed by atoms with van der Waals surface area (Å²) in [5.74, 6) is -1.06. The van der Waals surface area contributed by atoms with E-state index in [4.69, 9.17) is 15.6 Å². The van der Waals surface area contributed by atoms with Crippen molar-refractivity contribution in [2.75, 3.05) is 19.8 Å². The lowest BCUT2D eigenvalue weighted by atomic mass is 10.1. The predicted octanol–water partition coefficient (Wildman–Crippen LogP) is -0.171. The second kappa shape index (κ2) is 5.24. The summed E-state index contributed by atoms with van der Waals surface area (Å²) in [7, 11) is 0. The van der Waals surface area contributed by atoms with Gasteiger partial charge in [-0.15, -0.1) is 5.10 Å². The minimum Gasteiger partial charge on any atom is -0.476 e.